The number of nitrogens with two attached hydrogens (primary N) is 2. The molecular weight excluding hydrogens is 198 g/mol. The molecular formula is C13H15N3. The van der Waals surface area contributed by atoms with E-state index >= 15 is 0 Å². The topological polar surface area (TPSA) is 64.4 Å². The van der Waals surface area contributed by atoms with Crippen LogP contribution in [0.2, 0.25) is 0 Å². The molecule has 0 saturated heterocycles. The van der Waals surface area contributed by atoms with Crippen molar-refractivity contribution in [3.05, 3.63) is 48.0 Å². The Balaban J connectivity index is 2.16. The highest BCUT2D eigenvalue weighted by Crippen LogP contribution is 2.15. The second-order valence-corrected chi connectivity index (χ2v) is 3.74. The first kappa shape index (κ1) is 10.5. The summed E-state index contributed by atoms with van der Waals surface area (Å²) >= 11 is 0. The summed E-state index contributed by atoms with van der Waals surface area (Å²) in [6.45, 7) is 0.640. The summed E-state index contributed by atoms with van der Waals surface area (Å²) in [5, 5.41) is 2.51. The van der Waals surface area contributed by atoms with Crippen LogP contribution in [0.5, 0.6) is 0 Å². The average Bonchev–Trinajstić information content (AvgIpc) is 2.28. The average molecular weight is 213 g/mol. The predicted molar refractivity (Wildman–Crippen MR) is 68.3 cm³/mol. The van der Waals surface area contributed by atoms with Crippen LogP contribution in [-0.2, 0) is 6.42 Å². The van der Waals surface area contributed by atoms with Gasteiger partial charge in [-0.15, -0.1) is 0 Å². The molecule has 0 spiro atoms. The van der Waals surface area contributed by atoms with Gasteiger partial charge in [0, 0.05) is 6.54 Å². The van der Waals surface area contributed by atoms with Crippen LogP contribution in [0.4, 0.5) is 0 Å². The molecule has 3 heteroatoms. The summed E-state index contributed by atoms with van der Waals surface area (Å²) < 4.78 is 0. The Bertz CT molecular complexity index is 513. The smallest absolute Gasteiger partial charge is 0.185 e. The normalized spacial score (nSPS) is 10.2. The molecule has 0 aromatic heterocycles. The Kier molecular flexibility index (Phi) is 3.05. The van der Waals surface area contributed by atoms with Gasteiger partial charge in [0.2, 0.25) is 0 Å². The first-order chi connectivity index (χ1) is 7.75. The molecule has 2 aromatic rings. The molecule has 0 atom stereocenters. The molecule has 0 bridgehead atoms. The van der Waals surface area contributed by atoms with Crippen molar-refractivity contribution in [1.29, 1.82) is 0 Å². The highest BCUT2D eigenvalue weighted by atomic mass is 15.0. The maximum atomic E-state index is 5.27. The minimum Gasteiger partial charge on any atom is -0.370 e. The van der Waals surface area contributed by atoms with Crippen molar-refractivity contribution < 1.29 is 0 Å². The highest BCUT2D eigenvalue weighted by Gasteiger charge is 1.95. The van der Waals surface area contributed by atoms with Crippen LogP contribution in [0.25, 0.3) is 10.8 Å². The monoisotopic (exact) mass is 213 g/mol. The van der Waals surface area contributed by atoms with Crippen molar-refractivity contribution in [3.8, 4) is 0 Å². The first-order valence-electron chi connectivity index (χ1n) is 5.29. The van der Waals surface area contributed by atoms with Crippen LogP contribution < -0.4 is 11.5 Å². The molecule has 0 radical (unpaired) electrons. The Morgan fingerprint density at radius 2 is 1.75 bits per heavy atom. The lowest BCUT2D eigenvalue weighted by molar-refractivity contribution is 0.964. The van der Waals surface area contributed by atoms with E-state index in [0.29, 0.717) is 6.54 Å². The quantitative estimate of drug-likeness (QED) is 0.601. The van der Waals surface area contributed by atoms with Crippen molar-refractivity contribution >= 4 is 16.7 Å². The molecule has 4 N–H and O–H groups in total. The van der Waals surface area contributed by atoms with Crippen molar-refractivity contribution in [2.24, 2.45) is 16.5 Å². The fourth-order valence-electron chi connectivity index (χ4n) is 1.71. The molecule has 3 nitrogen and oxygen atoms in total. The lowest BCUT2D eigenvalue weighted by atomic mass is 10.1. The summed E-state index contributed by atoms with van der Waals surface area (Å²) in [4.78, 5) is 3.97. The Morgan fingerprint density at radius 1 is 1.00 bits per heavy atom. The van der Waals surface area contributed by atoms with Gasteiger partial charge in [0.05, 0.1) is 0 Å². The number of rotatable bonds is 3. The van der Waals surface area contributed by atoms with E-state index in [-0.39, 0.29) is 5.96 Å². The number of nitrogens with zero attached hydrogens (tertiary/aromatic N) is 1. The van der Waals surface area contributed by atoms with Crippen LogP contribution in [-0.4, -0.2) is 12.5 Å². The number of aliphatic imine (C=N–C) groups is 1. The van der Waals surface area contributed by atoms with Gasteiger partial charge in [0.25, 0.3) is 0 Å². The minimum absolute atomic E-state index is 0.154. The molecule has 0 aliphatic heterocycles. The summed E-state index contributed by atoms with van der Waals surface area (Å²) in [6.07, 6.45) is 0.864. The molecule has 0 heterocycles. The van der Waals surface area contributed by atoms with E-state index in [9.17, 15) is 0 Å². The van der Waals surface area contributed by atoms with Gasteiger partial charge in [-0.3, -0.25) is 4.99 Å². The van der Waals surface area contributed by atoms with Gasteiger partial charge in [-0.05, 0) is 22.8 Å². The Hall–Kier alpha value is -2.03. The maximum Gasteiger partial charge on any atom is 0.185 e. The first-order valence-corrected chi connectivity index (χ1v) is 5.29. The van der Waals surface area contributed by atoms with E-state index in [1.165, 1.54) is 16.3 Å². The third kappa shape index (κ3) is 2.51. The third-order valence-electron chi connectivity index (χ3n) is 2.51. The molecule has 0 fully saturated rings. The van der Waals surface area contributed by atoms with Crippen molar-refractivity contribution in [1.82, 2.24) is 0 Å². The second-order valence-electron chi connectivity index (χ2n) is 3.74. The van der Waals surface area contributed by atoms with Crippen LogP contribution in [0, 0.1) is 0 Å². The fraction of sp³-hybridized carbons (Fsp3) is 0.154. The molecule has 2 aromatic carbocycles. The van der Waals surface area contributed by atoms with Gasteiger partial charge >= 0.3 is 0 Å². The van der Waals surface area contributed by atoms with E-state index < -0.39 is 0 Å². The third-order valence-corrected chi connectivity index (χ3v) is 2.51. The van der Waals surface area contributed by atoms with Crippen molar-refractivity contribution in [2.45, 2.75) is 6.42 Å². The number of fused-ring (bicyclic) bond motifs is 1. The van der Waals surface area contributed by atoms with Crippen molar-refractivity contribution in [3.63, 3.8) is 0 Å². The van der Waals surface area contributed by atoms with E-state index in [1.807, 2.05) is 12.1 Å². The van der Waals surface area contributed by atoms with E-state index in [0.717, 1.165) is 6.42 Å². The largest absolute Gasteiger partial charge is 0.370 e. The van der Waals surface area contributed by atoms with Gasteiger partial charge in [0.15, 0.2) is 5.96 Å². The zero-order valence-electron chi connectivity index (χ0n) is 9.06. The van der Waals surface area contributed by atoms with Crippen LogP contribution in [0.3, 0.4) is 0 Å². The molecule has 0 saturated carbocycles. The minimum atomic E-state index is 0.154. The summed E-state index contributed by atoms with van der Waals surface area (Å²) in [7, 11) is 0. The van der Waals surface area contributed by atoms with Crippen molar-refractivity contribution in [2.75, 3.05) is 6.54 Å². The van der Waals surface area contributed by atoms with E-state index in [2.05, 4.69) is 35.3 Å². The van der Waals surface area contributed by atoms with Crippen LogP contribution in [0.1, 0.15) is 5.56 Å². The van der Waals surface area contributed by atoms with Gasteiger partial charge in [-0.25, -0.2) is 0 Å². The van der Waals surface area contributed by atoms with Crippen LogP contribution in [0.15, 0.2) is 47.5 Å². The fourth-order valence-corrected chi connectivity index (χ4v) is 1.71. The zero-order valence-corrected chi connectivity index (χ0v) is 9.06. The molecule has 0 aliphatic carbocycles. The number of guanidine groups is 1. The Labute approximate surface area is 94.8 Å². The lowest BCUT2D eigenvalue weighted by Gasteiger charge is -2.02. The second kappa shape index (κ2) is 4.66. The van der Waals surface area contributed by atoms with Gasteiger partial charge in [-0.2, -0.15) is 0 Å². The summed E-state index contributed by atoms with van der Waals surface area (Å²) in [5.74, 6) is 0.154. The zero-order chi connectivity index (χ0) is 11.4. The number of benzene rings is 2. The summed E-state index contributed by atoms with van der Waals surface area (Å²) in [5.41, 5.74) is 11.8. The SMILES string of the molecule is NC(N)=NCCc1ccc2ccccc2c1. The molecule has 16 heavy (non-hydrogen) atoms. The summed E-state index contributed by atoms with van der Waals surface area (Å²) in [6, 6.07) is 14.7. The molecule has 0 unspecified atom stereocenters. The van der Waals surface area contributed by atoms with E-state index in [1.54, 1.807) is 0 Å². The van der Waals surface area contributed by atoms with Crippen LogP contribution >= 0.6 is 0 Å². The highest BCUT2D eigenvalue weighted by molar-refractivity contribution is 5.83. The number of hydrogen-bond donors (Lipinski definition) is 2. The molecule has 82 valence electrons. The lowest BCUT2D eigenvalue weighted by Crippen LogP contribution is -2.23. The number of hydrogen-bond acceptors (Lipinski definition) is 1. The standard InChI is InChI=1S/C13H15N3/c14-13(15)16-8-7-10-5-6-11-3-1-2-4-12(11)9-10/h1-6,9H,7-8H2,(H4,14,15,16). The molecule has 0 amide bonds. The van der Waals surface area contributed by atoms with E-state index in [4.69, 9.17) is 11.5 Å². The Morgan fingerprint density at radius 3 is 2.50 bits per heavy atom. The predicted octanol–water partition coefficient (Wildman–Crippen LogP) is 1.66. The molecule has 0 aliphatic rings. The van der Waals surface area contributed by atoms with Gasteiger partial charge < -0.3 is 11.5 Å². The molecule has 2 rings (SSSR count). The van der Waals surface area contributed by atoms with Gasteiger partial charge in [-0.1, -0.05) is 42.5 Å². The maximum absolute atomic E-state index is 5.27. The van der Waals surface area contributed by atoms with Gasteiger partial charge in [0.1, 0.15) is 0 Å².